The molecule has 0 N–H and O–H groups in total. The standard InChI is InChI=1S/C21H38N6/c1-17-12-22-21(27(5)16-19-9-7-11-25(3)14-19)23-20(17)26(4)15-18-8-6-10-24(2)13-18/h12,18-19H,6-11,13-16H2,1-5H3. The summed E-state index contributed by atoms with van der Waals surface area (Å²) in [5.41, 5.74) is 1.16. The molecular weight excluding hydrogens is 336 g/mol. The van der Waals surface area contributed by atoms with Crippen LogP contribution in [-0.2, 0) is 0 Å². The Hall–Kier alpha value is -1.40. The van der Waals surface area contributed by atoms with Crippen LogP contribution >= 0.6 is 0 Å². The lowest BCUT2D eigenvalue weighted by Gasteiger charge is -2.34. The minimum atomic E-state index is 0.706. The van der Waals surface area contributed by atoms with Crippen LogP contribution in [0.1, 0.15) is 31.2 Å². The third kappa shape index (κ3) is 5.55. The van der Waals surface area contributed by atoms with E-state index in [1.165, 1.54) is 51.9 Å². The Labute approximate surface area is 165 Å². The van der Waals surface area contributed by atoms with Crippen molar-refractivity contribution in [1.82, 2.24) is 19.8 Å². The van der Waals surface area contributed by atoms with Gasteiger partial charge in [-0.05, 0) is 71.6 Å². The van der Waals surface area contributed by atoms with Gasteiger partial charge in [-0.25, -0.2) is 4.98 Å². The van der Waals surface area contributed by atoms with E-state index < -0.39 is 0 Å². The Morgan fingerprint density at radius 3 is 2.07 bits per heavy atom. The summed E-state index contributed by atoms with van der Waals surface area (Å²) in [5.74, 6) is 3.37. The average Bonchev–Trinajstić information content (AvgIpc) is 2.62. The first-order valence-electron chi connectivity index (χ1n) is 10.6. The first-order valence-corrected chi connectivity index (χ1v) is 10.6. The Morgan fingerprint density at radius 1 is 0.963 bits per heavy atom. The molecule has 2 saturated heterocycles. The zero-order chi connectivity index (χ0) is 19.4. The van der Waals surface area contributed by atoms with E-state index in [2.05, 4.69) is 59.7 Å². The zero-order valence-corrected chi connectivity index (χ0v) is 18.0. The van der Waals surface area contributed by atoms with Crippen molar-refractivity contribution in [3.05, 3.63) is 11.8 Å². The van der Waals surface area contributed by atoms with Crippen molar-refractivity contribution in [1.29, 1.82) is 0 Å². The second-order valence-corrected chi connectivity index (χ2v) is 8.98. The molecule has 2 atom stereocenters. The molecule has 1 aromatic rings. The lowest BCUT2D eigenvalue weighted by Crippen LogP contribution is -2.39. The SMILES string of the molecule is Cc1cnc(N(C)CC2CCCN(C)C2)nc1N(C)CC1CCCN(C)C1. The molecule has 1 aromatic heterocycles. The van der Waals surface area contributed by atoms with E-state index in [-0.39, 0.29) is 0 Å². The van der Waals surface area contributed by atoms with Gasteiger partial charge in [0.2, 0.25) is 5.95 Å². The summed E-state index contributed by atoms with van der Waals surface area (Å²) in [6.45, 7) is 9.06. The smallest absolute Gasteiger partial charge is 0.227 e. The summed E-state index contributed by atoms with van der Waals surface area (Å²) in [7, 11) is 8.78. The number of rotatable bonds is 6. The van der Waals surface area contributed by atoms with Crippen LogP contribution < -0.4 is 9.80 Å². The van der Waals surface area contributed by atoms with Gasteiger partial charge in [-0.2, -0.15) is 4.98 Å². The van der Waals surface area contributed by atoms with Crippen LogP contribution in [0, 0.1) is 18.8 Å². The molecule has 2 aliphatic heterocycles. The Morgan fingerprint density at radius 2 is 1.52 bits per heavy atom. The van der Waals surface area contributed by atoms with Crippen molar-refractivity contribution in [2.45, 2.75) is 32.6 Å². The predicted octanol–water partition coefficient (Wildman–Crippen LogP) is 2.34. The minimum absolute atomic E-state index is 0.706. The van der Waals surface area contributed by atoms with Gasteiger partial charge in [-0.1, -0.05) is 0 Å². The molecule has 2 fully saturated rings. The van der Waals surface area contributed by atoms with Gasteiger partial charge in [0.25, 0.3) is 0 Å². The summed E-state index contributed by atoms with van der Waals surface area (Å²) in [6.07, 6.45) is 7.23. The highest BCUT2D eigenvalue weighted by Crippen LogP contribution is 2.23. The fourth-order valence-electron chi connectivity index (χ4n) is 4.78. The van der Waals surface area contributed by atoms with Crippen LogP contribution in [0.4, 0.5) is 11.8 Å². The molecular formula is C21H38N6. The van der Waals surface area contributed by atoms with Crippen molar-refractivity contribution in [3.8, 4) is 0 Å². The van der Waals surface area contributed by atoms with Crippen molar-refractivity contribution in [3.63, 3.8) is 0 Å². The van der Waals surface area contributed by atoms with E-state index in [4.69, 9.17) is 4.98 Å². The van der Waals surface area contributed by atoms with E-state index in [0.717, 1.165) is 36.3 Å². The van der Waals surface area contributed by atoms with Gasteiger partial charge in [0.05, 0.1) is 0 Å². The van der Waals surface area contributed by atoms with E-state index in [1.54, 1.807) is 0 Å². The third-order valence-corrected chi connectivity index (χ3v) is 6.14. The summed E-state index contributed by atoms with van der Waals surface area (Å²) < 4.78 is 0. The molecule has 6 heteroatoms. The van der Waals surface area contributed by atoms with Crippen molar-refractivity contribution < 1.29 is 0 Å². The molecule has 27 heavy (non-hydrogen) atoms. The fourth-order valence-corrected chi connectivity index (χ4v) is 4.78. The molecule has 0 bridgehead atoms. The molecule has 0 amide bonds. The Kier molecular flexibility index (Phi) is 6.93. The van der Waals surface area contributed by atoms with Crippen LogP contribution in [0.15, 0.2) is 6.20 Å². The molecule has 0 spiro atoms. The number of nitrogens with zero attached hydrogens (tertiary/aromatic N) is 6. The Balaban J connectivity index is 1.64. The number of anilines is 2. The van der Waals surface area contributed by atoms with Gasteiger partial charge in [0.15, 0.2) is 0 Å². The summed E-state index contributed by atoms with van der Waals surface area (Å²) in [4.78, 5) is 19.1. The highest BCUT2D eigenvalue weighted by Gasteiger charge is 2.22. The second kappa shape index (κ2) is 9.20. The Bertz CT molecular complexity index is 606. The third-order valence-electron chi connectivity index (χ3n) is 6.14. The average molecular weight is 375 g/mol. The molecule has 0 saturated carbocycles. The van der Waals surface area contributed by atoms with Crippen LogP contribution in [-0.4, -0.2) is 87.2 Å². The molecule has 2 unspecified atom stereocenters. The van der Waals surface area contributed by atoms with E-state index >= 15 is 0 Å². The van der Waals surface area contributed by atoms with Gasteiger partial charge < -0.3 is 19.6 Å². The van der Waals surface area contributed by atoms with Crippen LogP contribution in [0.3, 0.4) is 0 Å². The van der Waals surface area contributed by atoms with Crippen LogP contribution in [0.25, 0.3) is 0 Å². The lowest BCUT2D eigenvalue weighted by atomic mass is 9.98. The molecule has 2 aliphatic rings. The number of aromatic nitrogens is 2. The summed E-state index contributed by atoms with van der Waals surface area (Å²) in [6, 6.07) is 0. The largest absolute Gasteiger partial charge is 0.359 e. The van der Waals surface area contributed by atoms with Gasteiger partial charge in [-0.3, -0.25) is 0 Å². The lowest BCUT2D eigenvalue weighted by molar-refractivity contribution is 0.212. The number of hydrogen-bond acceptors (Lipinski definition) is 6. The van der Waals surface area contributed by atoms with Gasteiger partial charge >= 0.3 is 0 Å². The molecule has 6 nitrogen and oxygen atoms in total. The van der Waals surface area contributed by atoms with Crippen molar-refractivity contribution >= 4 is 11.8 Å². The fraction of sp³-hybridized carbons (Fsp3) is 0.810. The summed E-state index contributed by atoms with van der Waals surface area (Å²) in [5, 5.41) is 0. The zero-order valence-electron chi connectivity index (χ0n) is 18.0. The van der Waals surface area contributed by atoms with Gasteiger partial charge in [-0.15, -0.1) is 0 Å². The summed E-state index contributed by atoms with van der Waals surface area (Å²) >= 11 is 0. The maximum absolute atomic E-state index is 4.95. The van der Waals surface area contributed by atoms with Gasteiger partial charge in [0.1, 0.15) is 5.82 Å². The van der Waals surface area contributed by atoms with Crippen molar-refractivity contribution in [2.24, 2.45) is 11.8 Å². The quantitative estimate of drug-likeness (QED) is 0.761. The molecule has 3 rings (SSSR count). The van der Waals surface area contributed by atoms with E-state index in [0.29, 0.717) is 5.92 Å². The van der Waals surface area contributed by atoms with Crippen LogP contribution in [0.5, 0.6) is 0 Å². The predicted molar refractivity (Wildman–Crippen MR) is 114 cm³/mol. The molecule has 0 radical (unpaired) electrons. The van der Waals surface area contributed by atoms with E-state index in [1.807, 2.05) is 6.20 Å². The topological polar surface area (TPSA) is 38.7 Å². The first kappa shape index (κ1) is 20.3. The maximum Gasteiger partial charge on any atom is 0.227 e. The molecule has 0 aromatic carbocycles. The van der Waals surface area contributed by atoms with Crippen LogP contribution in [0.2, 0.25) is 0 Å². The van der Waals surface area contributed by atoms with Gasteiger partial charge in [0, 0.05) is 52.0 Å². The monoisotopic (exact) mass is 374 g/mol. The highest BCUT2D eigenvalue weighted by molar-refractivity contribution is 5.49. The number of hydrogen-bond donors (Lipinski definition) is 0. The highest BCUT2D eigenvalue weighted by atomic mass is 15.3. The number of aryl methyl sites for hydroxylation is 1. The molecule has 152 valence electrons. The number of likely N-dealkylation sites (tertiary alicyclic amines) is 2. The minimum Gasteiger partial charge on any atom is -0.359 e. The van der Waals surface area contributed by atoms with Crippen molar-refractivity contribution in [2.75, 3.05) is 77.3 Å². The van der Waals surface area contributed by atoms with E-state index in [9.17, 15) is 0 Å². The number of piperidine rings is 2. The normalized spacial score (nSPS) is 24.8. The first-order chi connectivity index (χ1) is 12.9. The maximum atomic E-state index is 4.95. The second-order valence-electron chi connectivity index (χ2n) is 8.98. The molecule has 0 aliphatic carbocycles. The molecule has 3 heterocycles.